The van der Waals surface area contributed by atoms with Gasteiger partial charge in [0.1, 0.15) is 5.82 Å². The summed E-state index contributed by atoms with van der Waals surface area (Å²) in [6.45, 7) is 0. The highest BCUT2D eigenvalue weighted by Gasteiger charge is 2.14. The number of rotatable bonds is 6. The van der Waals surface area contributed by atoms with Gasteiger partial charge in [0.25, 0.3) is 0 Å². The monoisotopic (exact) mass is 308 g/mol. The molecule has 1 aromatic heterocycles. The first-order chi connectivity index (χ1) is 10.2. The minimum Gasteiger partial charge on any atom is -0.493 e. The predicted octanol–water partition coefficient (Wildman–Crippen LogP) is 2.29. The Morgan fingerprint density at radius 2 is 1.81 bits per heavy atom. The molecule has 8 heteroatoms. The van der Waals surface area contributed by atoms with Gasteiger partial charge in [-0.3, -0.25) is 0 Å². The van der Waals surface area contributed by atoms with E-state index in [0.29, 0.717) is 34.1 Å². The van der Waals surface area contributed by atoms with Crippen LogP contribution >= 0.6 is 11.8 Å². The van der Waals surface area contributed by atoms with E-state index in [1.807, 2.05) is 12.3 Å². The SMILES string of the molecule is COc1cccc(OC)c1Oc1cc(NN)nc(SC)n1. The number of ether oxygens (including phenoxy) is 3. The molecule has 2 aromatic rings. The van der Waals surface area contributed by atoms with E-state index in [9.17, 15) is 0 Å². The van der Waals surface area contributed by atoms with Gasteiger partial charge in [-0.1, -0.05) is 17.8 Å². The molecule has 0 saturated heterocycles. The van der Waals surface area contributed by atoms with E-state index >= 15 is 0 Å². The molecule has 1 aromatic carbocycles. The molecule has 21 heavy (non-hydrogen) atoms. The smallest absolute Gasteiger partial charge is 0.225 e. The topological polar surface area (TPSA) is 91.5 Å². The molecular formula is C13H16N4O3S. The summed E-state index contributed by atoms with van der Waals surface area (Å²) in [6.07, 6.45) is 1.86. The van der Waals surface area contributed by atoms with Gasteiger partial charge in [0, 0.05) is 6.07 Å². The second-order valence-corrected chi connectivity index (χ2v) is 4.59. The number of methoxy groups -OCH3 is 2. The van der Waals surface area contributed by atoms with Crippen LogP contribution in [0.15, 0.2) is 29.4 Å². The Kier molecular flexibility index (Phi) is 5.07. The Balaban J connectivity index is 2.42. The van der Waals surface area contributed by atoms with Crippen molar-refractivity contribution in [3.63, 3.8) is 0 Å². The van der Waals surface area contributed by atoms with Gasteiger partial charge < -0.3 is 19.6 Å². The fraction of sp³-hybridized carbons (Fsp3) is 0.231. The summed E-state index contributed by atoms with van der Waals surface area (Å²) < 4.78 is 16.4. The maximum Gasteiger partial charge on any atom is 0.225 e. The number of anilines is 1. The highest BCUT2D eigenvalue weighted by Crippen LogP contribution is 2.39. The van der Waals surface area contributed by atoms with Crippen LogP contribution in [-0.2, 0) is 0 Å². The Morgan fingerprint density at radius 1 is 1.14 bits per heavy atom. The molecular weight excluding hydrogens is 292 g/mol. The van der Waals surface area contributed by atoms with Crippen molar-refractivity contribution in [2.24, 2.45) is 5.84 Å². The normalized spacial score (nSPS) is 10.1. The zero-order valence-electron chi connectivity index (χ0n) is 11.9. The first-order valence-electron chi connectivity index (χ1n) is 6.00. The molecule has 0 saturated carbocycles. The zero-order valence-corrected chi connectivity index (χ0v) is 12.7. The molecule has 0 amide bonds. The molecule has 0 bridgehead atoms. The standard InChI is InChI=1S/C13H16N4O3S/c1-18-8-5-4-6-9(19-2)12(8)20-11-7-10(17-14)15-13(16-11)21-3/h4-7H,14H2,1-3H3,(H,15,16,17). The van der Waals surface area contributed by atoms with Crippen LogP contribution in [0.5, 0.6) is 23.1 Å². The third kappa shape index (κ3) is 3.47. The fourth-order valence-electron chi connectivity index (χ4n) is 1.64. The van der Waals surface area contributed by atoms with Gasteiger partial charge in [0.2, 0.25) is 11.6 Å². The lowest BCUT2D eigenvalue weighted by Crippen LogP contribution is -2.09. The molecule has 0 atom stereocenters. The summed E-state index contributed by atoms with van der Waals surface area (Å²) in [7, 11) is 3.11. The number of aromatic nitrogens is 2. The first kappa shape index (κ1) is 15.2. The average molecular weight is 308 g/mol. The summed E-state index contributed by atoms with van der Waals surface area (Å²) in [5.41, 5.74) is 2.48. The van der Waals surface area contributed by atoms with E-state index in [2.05, 4.69) is 15.4 Å². The molecule has 0 aliphatic rings. The molecule has 0 radical (unpaired) electrons. The number of nitrogens with one attached hydrogen (secondary N) is 1. The van der Waals surface area contributed by atoms with Crippen molar-refractivity contribution in [1.82, 2.24) is 9.97 Å². The van der Waals surface area contributed by atoms with Crippen molar-refractivity contribution in [3.8, 4) is 23.1 Å². The summed E-state index contributed by atoms with van der Waals surface area (Å²) in [5.74, 6) is 7.71. The van der Waals surface area contributed by atoms with Gasteiger partial charge in [0.05, 0.1) is 14.2 Å². The first-order valence-corrected chi connectivity index (χ1v) is 7.22. The maximum absolute atomic E-state index is 5.80. The third-order valence-corrected chi connectivity index (χ3v) is 3.15. The van der Waals surface area contributed by atoms with E-state index in [1.165, 1.54) is 11.8 Å². The van der Waals surface area contributed by atoms with E-state index in [-0.39, 0.29) is 0 Å². The predicted molar refractivity (Wildman–Crippen MR) is 81.2 cm³/mol. The molecule has 2 rings (SSSR count). The van der Waals surface area contributed by atoms with Crippen LogP contribution in [0.3, 0.4) is 0 Å². The number of nitrogens with two attached hydrogens (primary N) is 1. The van der Waals surface area contributed by atoms with Gasteiger partial charge in [0.15, 0.2) is 16.7 Å². The highest BCUT2D eigenvalue weighted by molar-refractivity contribution is 7.98. The van der Waals surface area contributed by atoms with Crippen LogP contribution in [0.25, 0.3) is 0 Å². The van der Waals surface area contributed by atoms with Gasteiger partial charge in [-0.15, -0.1) is 0 Å². The van der Waals surface area contributed by atoms with E-state index in [1.54, 1.807) is 32.4 Å². The van der Waals surface area contributed by atoms with Crippen LogP contribution in [-0.4, -0.2) is 30.4 Å². The Bertz CT molecular complexity index is 580. The molecule has 0 unspecified atom stereocenters. The summed E-state index contributed by atoms with van der Waals surface area (Å²) in [5, 5.41) is 0.536. The Morgan fingerprint density at radius 3 is 2.33 bits per heavy atom. The van der Waals surface area contributed by atoms with Crippen LogP contribution in [0.4, 0.5) is 5.82 Å². The number of para-hydroxylation sites is 1. The number of hydrazine groups is 1. The quantitative estimate of drug-likeness (QED) is 0.363. The molecule has 112 valence electrons. The number of hydrogen-bond acceptors (Lipinski definition) is 8. The Labute approximate surface area is 126 Å². The number of benzene rings is 1. The largest absolute Gasteiger partial charge is 0.493 e. The molecule has 0 fully saturated rings. The molecule has 3 N–H and O–H groups in total. The van der Waals surface area contributed by atoms with Gasteiger partial charge in [-0.25, -0.2) is 10.8 Å². The Hall–Kier alpha value is -2.19. The van der Waals surface area contributed by atoms with E-state index in [4.69, 9.17) is 20.1 Å². The third-order valence-electron chi connectivity index (χ3n) is 2.60. The average Bonchev–Trinajstić information content (AvgIpc) is 2.54. The lowest BCUT2D eigenvalue weighted by molar-refractivity contribution is 0.340. The second kappa shape index (κ2) is 7.00. The van der Waals surface area contributed by atoms with Gasteiger partial charge in [-0.05, 0) is 18.4 Å². The minimum absolute atomic E-state index is 0.338. The van der Waals surface area contributed by atoms with E-state index in [0.717, 1.165) is 0 Å². The molecule has 1 heterocycles. The summed E-state index contributed by atoms with van der Waals surface area (Å²) >= 11 is 1.38. The van der Waals surface area contributed by atoms with Gasteiger partial charge in [-0.2, -0.15) is 4.98 Å². The number of nitrogen functional groups attached to an aromatic ring is 1. The molecule has 0 aliphatic heterocycles. The highest BCUT2D eigenvalue weighted by atomic mass is 32.2. The van der Waals surface area contributed by atoms with Crippen LogP contribution in [0, 0.1) is 0 Å². The molecule has 0 aliphatic carbocycles. The van der Waals surface area contributed by atoms with Crippen LogP contribution < -0.4 is 25.5 Å². The van der Waals surface area contributed by atoms with Crippen molar-refractivity contribution >= 4 is 17.6 Å². The van der Waals surface area contributed by atoms with E-state index < -0.39 is 0 Å². The fourth-order valence-corrected chi connectivity index (χ4v) is 2.01. The summed E-state index contributed by atoms with van der Waals surface area (Å²) in [6, 6.07) is 6.95. The number of hydrogen-bond donors (Lipinski definition) is 2. The van der Waals surface area contributed by atoms with Gasteiger partial charge >= 0.3 is 0 Å². The molecule has 0 spiro atoms. The van der Waals surface area contributed by atoms with Crippen molar-refractivity contribution in [2.75, 3.05) is 25.9 Å². The molecule has 7 nitrogen and oxygen atoms in total. The van der Waals surface area contributed by atoms with Crippen molar-refractivity contribution in [1.29, 1.82) is 0 Å². The van der Waals surface area contributed by atoms with Crippen LogP contribution in [0.2, 0.25) is 0 Å². The zero-order chi connectivity index (χ0) is 15.2. The van der Waals surface area contributed by atoms with Crippen molar-refractivity contribution in [2.45, 2.75) is 5.16 Å². The second-order valence-electron chi connectivity index (χ2n) is 3.82. The maximum atomic E-state index is 5.80. The summed E-state index contributed by atoms with van der Waals surface area (Å²) in [4.78, 5) is 8.44. The van der Waals surface area contributed by atoms with Crippen molar-refractivity contribution < 1.29 is 14.2 Å². The lowest BCUT2D eigenvalue weighted by Gasteiger charge is -2.14. The number of nitrogens with zero attached hydrogens (tertiary/aromatic N) is 2. The van der Waals surface area contributed by atoms with Crippen LogP contribution in [0.1, 0.15) is 0 Å². The minimum atomic E-state index is 0.338. The van der Waals surface area contributed by atoms with Crippen molar-refractivity contribution in [3.05, 3.63) is 24.3 Å². The lowest BCUT2D eigenvalue weighted by atomic mass is 10.3. The number of thioether (sulfide) groups is 1.